The highest BCUT2D eigenvalue weighted by molar-refractivity contribution is 6.29. The lowest BCUT2D eigenvalue weighted by atomic mass is 9.72. The minimum atomic E-state index is -1.36. The van der Waals surface area contributed by atoms with Crippen molar-refractivity contribution in [2.75, 3.05) is 6.54 Å². The zero-order valence-corrected chi connectivity index (χ0v) is 16.2. The Morgan fingerprint density at radius 1 is 1.44 bits per heavy atom. The maximum absolute atomic E-state index is 15.0. The van der Waals surface area contributed by atoms with Gasteiger partial charge in [0.05, 0.1) is 17.2 Å². The van der Waals surface area contributed by atoms with Crippen LogP contribution >= 0.6 is 11.6 Å². The van der Waals surface area contributed by atoms with Gasteiger partial charge in [0.25, 0.3) is 0 Å². The van der Waals surface area contributed by atoms with Gasteiger partial charge in [-0.05, 0) is 31.7 Å². The molecule has 0 aliphatic carbocycles. The number of aromatic nitrogens is 1. The van der Waals surface area contributed by atoms with E-state index in [-0.39, 0.29) is 48.1 Å². The van der Waals surface area contributed by atoms with Gasteiger partial charge in [-0.3, -0.25) is 4.79 Å². The smallest absolute Gasteiger partial charge is 0.407 e. The minimum absolute atomic E-state index is 0.0171. The Labute approximate surface area is 161 Å². The summed E-state index contributed by atoms with van der Waals surface area (Å²) in [4.78, 5) is 28.4. The Morgan fingerprint density at radius 3 is 2.56 bits per heavy atom. The van der Waals surface area contributed by atoms with Gasteiger partial charge in [0, 0.05) is 24.6 Å². The molecule has 1 aliphatic rings. The van der Waals surface area contributed by atoms with Gasteiger partial charge in [-0.1, -0.05) is 25.4 Å². The van der Waals surface area contributed by atoms with Crippen LogP contribution in [0.4, 0.5) is 9.18 Å². The second-order valence-electron chi connectivity index (χ2n) is 7.53. The first-order valence-electron chi connectivity index (χ1n) is 8.74. The summed E-state index contributed by atoms with van der Waals surface area (Å²) in [7, 11) is 0. The van der Waals surface area contributed by atoms with Crippen LogP contribution < -0.4 is 0 Å². The molecule has 1 aromatic rings. The fourth-order valence-electron chi connectivity index (χ4n) is 3.63. The maximum atomic E-state index is 15.0. The quantitative estimate of drug-likeness (QED) is 0.651. The number of hydrogen-bond acceptors (Lipinski definition) is 4. The first kappa shape index (κ1) is 21.4. The van der Waals surface area contributed by atoms with Crippen LogP contribution in [0.2, 0.25) is 5.15 Å². The second-order valence-corrected chi connectivity index (χ2v) is 7.91. The molecule has 150 valence electrons. The summed E-state index contributed by atoms with van der Waals surface area (Å²) < 4.78 is 15.0. The largest absolute Gasteiger partial charge is 0.481 e. The van der Waals surface area contributed by atoms with Gasteiger partial charge in [-0.25, -0.2) is 14.2 Å². The predicted octanol–water partition coefficient (Wildman–Crippen LogP) is 3.34. The number of carbonyl (C=O) groups is 2. The Kier molecular flexibility index (Phi) is 6.32. The fraction of sp³-hybridized carbons (Fsp3) is 0.611. The summed E-state index contributed by atoms with van der Waals surface area (Å²) in [6.07, 6.45) is -2.38. The lowest BCUT2D eigenvalue weighted by Crippen LogP contribution is -2.51. The molecule has 1 amide bonds. The first-order chi connectivity index (χ1) is 12.5. The summed E-state index contributed by atoms with van der Waals surface area (Å²) in [5.74, 6) is -2.17. The number of halogens is 2. The van der Waals surface area contributed by atoms with E-state index in [1.54, 1.807) is 20.8 Å². The molecule has 1 aliphatic heterocycles. The van der Waals surface area contributed by atoms with Gasteiger partial charge in [-0.15, -0.1) is 0 Å². The van der Waals surface area contributed by atoms with Crippen LogP contribution in [0, 0.1) is 17.2 Å². The average molecular weight is 403 g/mol. The van der Waals surface area contributed by atoms with E-state index in [1.807, 2.05) is 0 Å². The van der Waals surface area contributed by atoms with Crippen molar-refractivity contribution in [2.45, 2.75) is 52.2 Å². The molecule has 9 heteroatoms. The number of aliphatic carboxylic acids is 1. The molecule has 0 radical (unpaired) electrons. The third-order valence-corrected chi connectivity index (χ3v) is 5.42. The molecule has 1 aromatic heterocycles. The summed E-state index contributed by atoms with van der Waals surface area (Å²) in [5, 5.41) is 29.2. The number of aliphatic hydroxyl groups excluding tert-OH is 1. The van der Waals surface area contributed by atoms with Crippen LogP contribution in [0.15, 0.2) is 6.07 Å². The highest BCUT2D eigenvalue weighted by Crippen LogP contribution is 2.40. The highest BCUT2D eigenvalue weighted by Gasteiger charge is 2.46. The standard InChI is InChI=1S/C18H24ClFN2O5/c1-9(2)15(23)11-6-13(19)21-12(14(11)20)8-18(16(24)25)4-5-22(17(26)27)10(3)7-18/h6,9-10,15,23H,4-5,7-8H2,1-3H3,(H,24,25)(H,26,27)/t10-,15?,18-/m1/s1. The van der Waals surface area contributed by atoms with Gasteiger partial charge >= 0.3 is 12.1 Å². The van der Waals surface area contributed by atoms with E-state index >= 15 is 0 Å². The number of nitrogens with zero attached hydrogens (tertiary/aromatic N) is 2. The van der Waals surface area contributed by atoms with Crippen molar-refractivity contribution in [1.29, 1.82) is 0 Å². The molecule has 1 unspecified atom stereocenters. The van der Waals surface area contributed by atoms with E-state index in [0.717, 1.165) is 0 Å². The summed E-state index contributed by atoms with van der Waals surface area (Å²) in [5.41, 5.74) is -1.50. The summed E-state index contributed by atoms with van der Waals surface area (Å²) in [6, 6.07) is 0.712. The van der Waals surface area contributed by atoms with Gasteiger partial charge in [0.15, 0.2) is 5.82 Å². The first-order valence-corrected chi connectivity index (χ1v) is 9.12. The van der Waals surface area contributed by atoms with Crippen LogP contribution in [0.5, 0.6) is 0 Å². The molecule has 0 spiro atoms. The lowest BCUT2D eigenvalue weighted by Gasteiger charge is -2.42. The average Bonchev–Trinajstić information content (AvgIpc) is 2.56. The van der Waals surface area contributed by atoms with Crippen molar-refractivity contribution < 1.29 is 29.3 Å². The lowest BCUT2D eigenvalue weighted by molar-refractivity contribution is -0.153. The predicted molar refractivity (Wildman–Crippen MR) is 96.2 cm³/mol. The molecule has 7 nitrogen and oxygen atoms in total. The number of hydrogen-bond donors (Lipinski definition) is 3. The van der Waals surface area contributed by atoms with Crippen LogP contribution in [-0.2, 0) is 11.2 Å². The zero-order valence-electron chi connectivity index (χ0n) is 15.4. The molecule has 2 heterocycles. The van der Waals surface area contributed by atoms with E-state index in [9.17, 15) is 29.3 Å². The van der Waals surface area contributed by atoms with Gasteiger partial charge in [-0.2, -0.15) is 0 Å². The zero-order chi connectivity index (χ0) is 20.5. The van der Waals surface area contributed by atoms with E-state index in [4.69, 9.17) is 11.6 Å². The molecule has 27 heavy (non-hydrogen) atoms. The van der Waals surface area contributed by atoms with E-state index in [0.29, 0.717) is 0 Å². The monoisotopic (exact) mass is 402 g/mol. The van der Waals surface area contributed by atoms with Crippen LogP contribution in [0.25, 0.3) is 0 Å². The van der Waals surface area contributed by atoms with Crippen molar-refractivity contribution in [3.8, 4) is 0 Å². The molecular formula is C18H24ClFN2O5. The topological polar surface area (TPSA) is 111 Å². The van der Waals surface area contributed by atoms with Gasteiger partial charge < -0.3 is 20.2 Å². The number of piperidine rings is 1. The molecular weight excluding hydrogens is 379 g/mol. The van der Waals surface area contributed by atoms with Crippen molar-refractivity contribution in [2.24, 2.45) is 11.3 Å². The molecule has 0 aromatic carbocycles. The normalized spacial score (nSPS) is 24.1. The summed E-state index contributed by atoms with van der Waals surface area (Å²) >= 11 is 5.98. The molecule has 2 rings (SSSR count). The fourth-order valence-corrected chi connectivity index (χ4v) is 3.85. The molecule has 3 N–H and O–H groups in total. The number of carboxylic acid groups (broad SMARTS) is 2. The SMILES string of the molecule is CC(C)C(O)c1cc(Cl)nc(C[C@@]2(C(=O)O)CCN(C(=O)O)[C@H](C)C2)c1F. The van der Waals surface area contributed by atoms with E-state index in [2.05, 4.69) is 4.98 Å². The van der Waals surface area contributed by atoms with Crippen molar-refractivity contribution >= 4 is 23.7 Å². The third-order valence-electron chi connectivity index (χ3n) is 5.23. The van der Waals surface area contributed by atoms with Gasteiger partial charge in [0.2, 0.25) is 0 Å². The molecule has 1 fully saturated rings. The summed E-state index contributed by atoms with van der Waals surface area (Å²) in [6.45, 7) is 5.10. The molecule has 0 saturated carbocycles. The van der Waals surface area contributed by atoms with Crippen molar-refractivity contribution in [3.63, 3.8) is 0 Å². The number of likely N-dealkylation sites (tertiary alicyclic amines) is 1. The number of aliphatic hydroxyl groups is 1. The number of pyridine rings is 1. The minimum Gasteiger partial charge on any atom is -0.481 e. The second kappa shape index (κ2) is 7.98. The number of rotatable bonds is 5. The highest BCUT2D eigenvalue weighted by atomic mass is 35.5. The Morgan fingerprint density at radius 2 is 2.07 bits per heavy atom. The molecule has 3 atom stereocenters. The van der Waals surface area contributed by atoms with Crippen molar-refractivity contribution in [3.05, 3.63) is 28.3 Å². The Balaban J connectivity index is 2.41. The van der Waals surface area contributed by atoms with Crippen LogP contribution in [0.1, 0.15) is 51.0 Å². The number of amides is 1. The van der Waals surface area contributed by atoms with Gasteiger partial charge in [0.1, 0.15) is 5.15 Å². The molecule has 0 bridgehead atoms. The van der Waals surface area contributed by atoms with Crippen LogP contribution in [-0.4, -0.2) is 49.9 Å². The van der Waals surface area contributed by atoms with E-state index in [1.165, 1.54) is 11.0 Å². The Bertz CT molecular complexity index is 745. The third kappa shape index (κ3) is 4.32. The van der Waals surface area contributed by atoms with Crippen LogP contribution in [0.3, 0.4) is 0 Å². The Hall–Kier alpha value is -1.93. The maximum Gasteiger partial charge on any atom is 0.407 e. The van der Waals surface area contributed by atoms with E-state index < -0.39 is 35.4 Å². The number of carboxylic acids is 1. The van der Waals surface area contributed by atoms with Crippen molar-refractivity contribution in [1.82, 2.24) is 9.88 Å². The molecule has 1 saturated heterocycles.